The summed E-state index contributed by atoms with van der Waals surface area (Å²) in [6.07, 6.45) is 1.46. The number of nitrogens with zero attached hydrogens (tertiary/aromatic N) is 2. The summed E-state index contributed by atoms with van der Waals surface area (Å²) in [5, 5.41) is 3.79. The lowest BCUT2D eigenvalue weighted by Gasteiger charge is -2.19. The van der Waals surface area contributed by atoms with Crippen LogP contribution in [0.4, 0.5) is 11.5 Å². The average Bonchev–Trinajstić information content (AvgIpc) is 2.74. The van der Waals surface area contributed by atoms with Crippen LogP contribution in [0.1, 0.15) is 42.3 Å². The van der Waals surface area contributed by atoms with Crippen LogP contribution in [0.25, 0.3) is 22.0 Å². The van der Waals surface area contributed by atoms with Gasteiger partial charge in [-0.15, -0.1) is 0 Å². The maximum Gasteiger partial charge on any atom is 0.255 e. The summed E-state index contributed by atoms with van der Waals surface area (Å²) in [5.74, 6) is 0.297. The van der Waals surface area contributed by atoms with Crippen molar-refractivity contribution >= 4 is 28.3 Å². The van der Waals surface area contributed by atoms with Crippen molar-refractivity contribution in [2.24, 2.45) is 0 Å². The molecule has 1 heterocycles. The third kappa shape index (κ3) is 4.26. The Balaban J connectivity index is 1.63. The minimum absolute atomic E-state index is 0.0721. The Kier molecular flexibility index (Phi) is 5.19. The molecule has 0 aliphatic heterocycles. The van der Waals surface area contributed by atoms with E-state index < -0.39 is 0 Å². The van der Waals surface area contributed by atoms with Gasteiger partial charge in [0.2, 0.25) is 0 Å². The summed E-state index contributed by atoms with van der Waals surface area (Å²) >= 11 is 0. The molecule has 0 aliphatic rings. The molecule has 4 aromatic rings. The molecule has 31 heavy (non-hydrogen) atoms. The normalized spacial score (nSPS) is 11.5. The minimum Gasteiger partial charge on any atom is -0.383 e. The quantitative estimate of drug-likeness (QED) is 0.451. The van der Waals surface area contributed by atoms with Crippen molar-refractivity contribution in [3.05, 3.63) is 83.7 Å². The summed E-state index contributed by atoms with van der Waals surface area (Å²) in [4.78, 5) is 21.2. The van der Waals surface area contributed by atoms with Gasteiger partial charge in [-0.05, 0) is 71.0 Å². The molecule has 1 amide bonds. The van der Waals surface area contributed by atoms with Crippen LogP contribution < -0.4 is 11.1 Å². The number of aryl methyl sites for hydroxylation is 1. The van der Waals surface area contributed by atoms with E-state index >= 15 is 0 Å². The number of rotatable bonds is 3. The van der Waals surface area contributed by atoms with E-state index in [1.165, 1.54) is 11.9 Å². The number of carbonyl (C=O) groups excluding carboxylic acids is 1. The van der Waals surface area contributed by atoms with Gasteiger partial charge < -0.3 is 11.1 Å². The fourth-order valence-corrected chi connectivity index (χ4v) is 3.58. The zero-order chi connectivity index (χ0) is 22.2. The van der Waals surface area contributed by atoms with Crippen LogP contribution in [0.5, 0.6) is 0 Å². The van der Waals surface area contributed by atoms with Crippen molar-refractivity contribution in [1.82, 2.24) is 9.97 Å². The minimum atomic E-state index is -0.145. The summed E-state index contributed by atoms with van der Waals surface area (Å²) in [5.41, 5.74) is 12.5. The van der Waals surface area contributed by atoms with E-state index in [4.69, 9.17) is 5.73 Å². The standard InChI is InChI=1S/C26H26N4O/c1-16-5-6-18(25(31)30-20-10-8-19(9-11-20)26(2,3)4)14-21(16)17-7-12-23-22(13-17)24(27)29-15-28-23/h5-15H,1-4H3,(H,30,31)(H2,27,28,29). The van der Waals surface area contributed by atoms with Crippen LogP contribution in [-0.4, -0.2) is 15.9 Å². The van der Waals surface area contributed by atoms with Crippen molar-refractivity contribution in [3.63, 3.8) is 0 Å². The van der Waals surface area contributed by atoms with Gasteiger partial charge in [0.1, 0.15) is 12.1 Å². The van der Waals surface area contributed by atoms with Crippen molar-refractivity contribution in [3.8, 4) is 11.1 Å². The Morgan fingerprint density at radius 2 is 1.68 bits per heavy atom. The first-order valence-electron chi connectivity index (χ1n) is 10.3. The zero-order valence-corrected chi connectivity index (χ0v) is 18.2. The number of hydrogen-bond acceptors (Lipinski definition) is 4. The molecule has 0 atom stereocenters. The monoisotopic (exact) mass is 410 g/mol. The molecule has 0 saturated carbocycles. The highest BCUT2D eigenvalue weighted by atomic mass is 16.1. The molecule has 0 bridgehead atoms. The predicted octanol–water partition coefficient (Wildman–Crippen LogP) is 5.74. The number of nitrogens with one attached hydrogen (secondary N) is 1. The van der Waals surface area contributed by atoms with Crippen molar-refractivity contribution < 1.29 is 4.79 Å². The Labute approximate surface area is 182 Å². The maximum absolute atomic E-state index is 12.9. The van der Waals surface area contributed by atoms with Gasteiger partial charge in [-0.2, -0.15) is 0 Å². The van der Waals surface area contributed by atoms with Gasteiger partial charge in [-0.3, -0.25) is 4.79 Å². The molecule has 0 unspecified atom stereocenters. The van der Waals surface area contributed by atoms with Gasteiger partial charge in [-0.1, -0.05) is 45.0 Å². The Morgan fingerprint density at radius 1 is 0.935 bits per heavy atom. The number of aromatic nitrogens is 2. The van der Waals surface area contributed by atoms with Crippen LogP contribution in [0.2, 0.25) is 0 Å². The highest BCUT2D eigenvalue weighted by Crippen LogP contribution is 2.29. The molecule has 1 aromatic heterocycles. The molecule has 0 radical (unpaired) electrons. The first-order valence-corrected chi connectivity index (χ1v) is 10.3. The highest BCUT2D eigenvalue weighted by Gasteiger charge is 2.14. The number of nitrogen functional groups attached to an aromatic ring is 1. The first-order chi connectivity index (χ1) is 14.7. The fourth-order valence-electron chi connectivity index (χ4n) is 3.58. The lowest BCUT2D eigenvalue weighted by Crippen LogP contribution is -2.13. The van der Waals surface area contributed by atoms with E-state index in [1.807, 2.05) is 55.5 Å². The van der Waals surface area contributed by atoms with Crippen molar-refractivity contribution in [2.75, 3.05) is 11.1 Å². The second-order valence-corrected chi connectivity index (χ2v) is 8.80. The van der Waals surface area contributed by atoms with E-state index in [0.717, 1.165) is 33.3 Å². The van der Waals surface area contributed by atoms with Crippen LogP contribution >= 0.6 is 0 Å². The molecule has 0 saturated heterocycles. The van der Waals surface area contributed by atoms with E-state index in [1.54, 1.807) is 0 Å². The number of benzene rings is 3. The number of anilines is 2. The summed E-state index contributed by atoms with van der Waals surface area (Å²) in [7, 11) is 0. The molecule has 156 valence electrons. The molecule has 0 spiro atoms. The zero-order valence-electron chi connectivity index (χ0n) is 18.2. The lowest BCUT2D eigenvalue weighted by atomic mass is 9.87. The van der Waals surface area contributed by atoms with Gasteiger partial charge in [0, 0.05) is 16.6 Å². The molecule has 0 aliphatic carbocycles. The number of nitrogens with two attached hydrogens (primary N) is 1. The third-order valence-electron chi connectivity index (χ3n) is 5.49. The maximum atomic E-state index is 12.9. The molecule has 4 rings (SSSR count). The second-order valence-electron chi connectivity index (χ2n) is 8.80. The molecule has 3 aromatic carbocycles. The smallest absolute Gasteiger partial charge is 0.255 e. The second kappa shape index (κ2) is 7.84. The largest absolute Gasteiger partial charge is 0.383 e. The first kappa shape index (κ1) is 20.5. The Morgan fingerprint density at radius 3 is 2.39 bits per heavy atom. The van der Waals surface area contributed by atoms with E-state index in [-0.39, 0.29) is 11.3 Å². The van der Waals surface area contributed by atoms with Crippen molar-refractivity contribution in [1.29, 1.82) is 0 Å². The molecular weight excluding hydrogens is 384 g/mol. The highest BCUT2D eigenvalue weighted by molar-refractivity contribution is 6.05. The fraction of sp³-hybridized carbons (Fsp3) is 0.192. The van der Waals surface area contributed by atoms with Gasteiger partial charge >= 0.3 is 0 Å². The predicted molar refractivity (Wildman–Crippen MR) is 127 cm³/mol. The third-order valence-corrected chi connectivity index (χ3v) is 5.49. The van der Waals surface area contributed by atoms with Crippen LogP contribution in [-0.2, 0) is 5.41 Å². The van der Waals surface area contributed by atoms with Gasteiger partial charge in [0.15, 0.2) is 0 Å². The molecule has 3 N–H and O–H groups in total. The van der Waals surface area contributed by atoms with Gasteiger partial charge in [0.25, 0.3) is 5.91 Å². The number of carbonyl (C=O) groups is 1. The number of amides is 1. The summed E-state index contributed by atoms with van der Waals surface area (Å²) in [6.45, 7) is 8.53. The topological polar surface area (TPSA) is 80.9 Å². The van der Waals surface area contributed by atoms with Crippen LogP contribution in [0, 0.1) is 6.92 Å². The number of fused-ring (bicyclic) bond motifs is 1. The Hall–Kier alpha value is -3.73. The average molecular weight is 411 g/mol. The van der Waals surface area contributed by atoms with Gasteiger partial charge in [-0.25, -0.2) is 9.97 Å². The number of hydrogen-bond donors (Lipinski definition) is 2. The van der Waals surface area contributed by atoms with E-state index in [9.17, 15) is 4.79 Å². The SMILES string of the molecule is Cc1ccc(C(=O)Nc2ccc(C(C)(C)C)cc2)cc1-c1ccc2ncnc(N)c2c1. The molecule has 0 fully saturated rings. The summed E-state index contributed by atoms with van der Waals surface area (Å²) < 4.78 is 0. The van der Waals surface area contributed by atoms with Crippen LogP contribution in [0.15, 0.2) is 67.0 Å². The van der Waals surface area contributed by atoms with E-state index in [2.05, 4.69) is 48.2 Å². The van der Waals surface area contributed by atoms with Gasteiger partial charge in [0.05, 0.1) is 5.52 Å². The lowest BCUT2D eigenvalue weighted by molar-refractivity contribution is 0.102. The molecule has 5 heteroatoms. The molecular formula is C26H26N4O. The summed E-state index contributed by atoms with van der Waals surface area (Å²) in [6, 6.07) is 19.6. The molecule has 5 nitrogen and oxygen atoms in total. The van der Waals surface area contributed by atoms with E-state index in [0.29, 0.717) is 11.4 Å². The van der Waals surface area contributed by atoms with Crippen LogP contribution in [0.3, 0.4) is 0 Å². The van der Waals surface area contributed by atoms with Crippen molar-refractivity contribution in [2.45, 2.75) is 33.1 Å². The Bertz CT molecular complexity index is 1270.